The number of aromatic nitrogens is 3. The summed E-state index contributed by atoms with van der Waals surface area (Å²) in [5.74, 6) is -0.323. The van der Waals surface area contributed by atoms with Crippen LogP contribution >= 0.6 is 11.3 Å². The average molecular weight is 310 g/mol. The van der Waals surface area contributed by atoms with E-state index in [9.17, 15) is 9.59 Å². The summed E-state index contributed by atoms with van der Waals surface area (Å²) in [6.07, 6.45) is 1.45. The van der Waals surface area contributed by atoms with Crippen molar-refractivity contribution in [3.8, 4) is 0 Å². The van der Waals surface area contributed by atoms with Gasteiger partial charge in [0.25, 0.3) is 5.56 Å². The van der Waals surface area contributed by atoms with Crippen molar-refractivity contribution in [3.05, 3.63) is 22.6 Å². The van der Waals surface area contributed by atoms with Gasteiger partial charge in [-0.05, 0) is 27.7 Å². The molecule has 0 aromatic carbocycles. The number of rotatable bonds is 4. The Labute approximate surface area is 126 Å². The highest BCUT2D eigenvalue weighted by Crippen LogP contribution is 2.35. The third kappa shape index (κ3) is 2.63. The Bertz CT molecular complexity index is 732. The van der Waals surface area contributed by atoms with Gasteiger partial charge in [0.1, 0.15) is 0 Å². The van der Waals surface area contributed by atoms with Gasteiger partial charge in [0.05, 0.1) is 12.5 Å². The highest BCUT2D eigenvalue weighted by atomic mass is 32.1. The van der Waals surface area contributed by atoms with E-state index in [0.717, 1.165) is 0 Å². The lowest BCUT2D eigenvalue weighted by Gasteiger charge is -2.39. The molecule has 0 aliphatic carbocycles. The third-order valence-electron chi connectivity index (χ3n) is 3.85. The Kier molecular flexibility index (Phi) is 3.75. The molecular formula is C13H18N4O3S. The van der Waals surface area contributed by atoms with Crippen molar-refractivity contribution in [2.24, 2.45) is 5.41 Å². The van der Waals surface area contributed by atoms with Crippen LogP contribution in [0.2, 0.25) is 0 Å². The number of hydrogen-bond donors (Lipinski definition) is 1. The number of fused-ring (bicyclic) bond motifs is 1. The summed E-state index contributed by atoms with van der Waals surface area (Å²) in [6.45, 7) is 7.35. The molecule has 0 atom stereocenters. The summed E-state index contributed by atoms with van der Waals surface area (Å²) in [5.41, 5.74) is -1.65. The van der Waals surface area contributed by atoms with Crippen molar-refractivity contribution < 1.29 is 9.53 Å². The Hall–Kier alpha value is -1.96. The minimum atomic E-state index is -0.780. The molecule has 0 aliphatic rings. The normalized spacial score (nSPS) is 12.4. The van der Waals surface area contributed by atoms with Crippen LogP contribution in [0.3, 0.4) is 0 Å². The fourth-order valence-electron chi connectivity index (χ4n) is 1.73. The van der Waals surface area contributed by atoms with Crippen molar-refractivity contribution in [3.63, 3.8) is 0 Å². The Balaban J connectivity index is 2.36. The van der Waals surface area contributed by atoms with Crippen LogP contribution in [0.25, 0.3) is 4.96 Å². The van der Waals surface area contributed by atoms with E-state index in [2.05, 4.69) is 15.4 Å². The van der Waals surface area contributed by atoms with Gasteiger partial charge in [0.2, 0.25) is 10.1 Å². The molecule has 21 heavy (non-hydrogen) atoms. The number of methoxy groups -OCH3 is 1. The molecule has 1 N–H and O–H groups in total. The van der Waals surface area contributed by atoms with Gasteiger partial charge in [-0.15, -0.1) is 5.10 Å². The second kappa shape index (κ2) is 5.10. The smallest absolute Gasteiger partial charge is 0.313 e. The fraction of sp³-hybridized carbons (Fsp3) is 0.538. The minimum absolute atomic E-state index is 0.241. The van der Waals surface area contributed by atoms with E-state index in [-0.39, 0.29) is 11.5 Å². The molecule has 0 aliphatic heterocycles. The predicted octanol–water partition coefficient (Wildman–Crippen LogP) is 1.54. The van der Waals surface area contributed by atoms with Crippen molar-refractivity contribution in [2.45, 2.75) is 33.2 Å². The first-order valence-electron chi connectivity index (χ1n) is 6.40. The SMILES string of the molecule is COC(=O)C(C)(C)C(C)(C)Nc1nn2c(=O)ccnc2s1. The molecule has 0 unspecified atom stereocenters. The summed E-state index contributed by atoms with van der Waals surface area (Å²) in [6, 6.07) is 1.35. The van der Waals surface area contributed by atoms with Crippen LogP contribution in [0.1, 0.15) is 27.7 Å². The highest BCUT2D eigenvalue weighted by Gasteiger charge is 2.44. The van der Waals surface area contributed by atoms with Gasteiger partial charge in [0, 0.05) is 17.8 Å². The molecule has 114 valence electrons. The van der Waals surface area contributed by atoms with Gasteiger partial charge >= 0.3 is 5.97 Å². The van der Waals surface area contributed by atoms with Gasteiger partial charge in [0.15, 0.2) is 0 Å². The van der Waals surface area contributed by atoms with Crippen LogP contribution in [0.4, 0.5) is 5.13 Å². The van der Waals surface area contributed by atoms with Crippen molar-refractivity contribution in [1.29, 1.82) is 0 Å². The van der Waals surface area contributed by atoms with Crippen molar-refractivity contribution in [1.82, 2.24) is 14.6 Å². The molecule has 0 spiro atoms. The number of hydrogen-bond acceptors (Lipinski definition) is 7. The average Bonchev–Trinajstić information content (AvgIpc) is 2.80. The molecule has 0 radical (unpaired) electrons. The molecule has 0 fully saturated rings. The second-order valence-corrected chi connectivity index (χ2v) is 6.71. The van der Waals surface area contributed by atoms with E-state index < -0.39 is 11.0 Å². The van der Waals surface area contributed by atoms with Crippen molar-refractivity contribution >= 4 is 27.4 Å². The van der Waals surface area contributed by atoms with E-state index in [1.54, 1.807) is 13.8 Å². The molecule has 0 saturated heterocycles. The molecule has 0 amide bonds. The van der Waals surface area contributed by atoms with Gasteiger partial charge < -0.3 is 10.1 Å². The molecule has 7 nitrogen and oxygen atoms in total. The van der Waals surface area contributed by atoms with E-state index in [1.165, 1.54) is 35.2 Å². The van der Waals surface area contributed by atoms with Crippen LogP contribution in [-0.2, 0) is 9.53 Å². The summed E-state index contributed by atoms with van der Waals surface area (Å²) < 4.78 is 6.08. The fourth-order valence-corrected chi connectivity index (χ4v) is 2.66. The lowest BCUT2D eigenvalue weighted by Crippen LogP contribution is -2.51. The van der Waals surface area contributed by atoms with Gasteiger partial charge in [-0.1, -0.05) is 11.3 Å². The zero-order chi connectivity index (χ0) is 15.8. The first kappa shape index (κ1) is 15.4. The zero-order valence-corrected chi connectivity index (χ0v) is 13.4. The number of nitrogens with zero attached hydrogens (tertiary/aromatic N) is 3. The number of ether oxygens (including phenoxy) is 1. The number of carbonyl (C=O) groups excluding carboxylic acids is 1. The van der Waals surface area contributed by atoms with Gasteiger partial charge in [-0.2, -0.15) is 4.52 Å². The second-order valence-electron chi connectivity index (χ2n) is 5.75. The molecule has 8 heteroatoms. The lowest BCUT2D eigenvalue weighted by atomic mass is 9.74. The van der Waals surface area contributed by atoms with Crippen LogP contribution in [0.15, 0.2) is 17.1 Å². The van der Waals surface area contributed by atoms with Gasteiger partial charge in [-0.3, -0.25) is 9.59 Å². The molecule has 2 aromatic heterocycles. The zero-order valence-electron chi connectivity index (χ0n) is 12.6. The number of nitrogens with one attached hydrogen (secondary N) is 1. The first-order valence-corrected chi connectivity index (χ1v) is 7.22. The highest BCUT2D eigenvalue weighted by molar-refractivity contribution is 7.20. The molecule has 0 bridgehead atoms. The Morgan fingerprint density at radius 3 is 2.62 bits per heavy atom. The van der Waals surface area contributed by atoms with Gasteiger partial charge in [-0.25, -0.2) is 4.98 Å². The largest absolute Gasteiger partial charge is 0.469 e. The lowest BCUT2D eigenvalue weighted by molar-refractivity contribution is -0.153. The monoisotopic (exact) mass is 310 g/mol. The van der Waals surface area contributed by atoms with E-state index >= 15 is 0 Å². The summed E-state index contributed by atoms with van der Waals surface area (Å²) >= 11 is 1.25. The minimum Gasteiger partial charge on any atom is -0.469 e. The standard InChI is InChI=1S/C13H18N4O3S/c1-12(2,9(19)20-5)13(3,4)15-10-16-17-8(18)6-7-14-11(17)21-10/h6-7H,1-5H3,(H,15,16). The molecule has 2 rings (SSSR count). The number of esters is 1. The van der Waals surface area contributed by atoms with Crippen LogP contribution in [0, 0.1) is 5.41 Å². The van der Waals surface area contributed by atoms with Crippen molar-refractivity contribution in [2.75, 3.05) is 12.4 Å². The maximum absolute atomic E-state index is 11.9. The predicted molar refractivity (Wildman–Crippen MR) is 80.6 cm³/mol. The van der Waals surface area contributed by atoms with E-state index in [1.807, 2.05) is 13.8 Å². The van der Waals surface area contributed by atoms with Crippen LogP contribution in [0.5, 0.6) is 0 Å². The quantitative estimate of drug-likeness (QED) is 0.862. The first-order chi connectivity index (χ1) is 9.69. The van der Waals surface area contributed by atoms with Crippen LogP contribution in [-0.4, -0.2) is 33.2 Å². The molecule has 0 saturated carbocycles. The molecule has 2 heterocycles. The topological polar surface area (TPSA) is 85.6 Å². The Morgan fingerprint density at radius 2 is 2.05 bits per heavy atom. The molecule has 2 aromatic rings. The van der Waals surface area contributed by atoms with E-state index in [0.29, 0.717) is 10.1 Å². The maximum atomic E-state index is 11.9. The summed E-state index contributed by atoms with van der Waals surface area (Å²) in [7, 11) is 1.36. The summed E-state index contributed by atoms with van der Waals surface area (Å²) in [5, 5.41) is 7.91. The Morgan fingerprint density at radius 1 is 1.38 bits per heavy atom. The number of carbonyl (C=O) groups is 1. The maximum Gasteiger partial charge on any atom is 0.313 e. The summed E-state index contributed by atoms with van der Waals surface area (Å²) in [4.78, 5) is 28.2. The number of anilines is 1. The third-order valence-corrected chi connectivity index (χ3v) is 4.69. The molecular weight excluding hydrogens is 292 g/mol. The van der Waals surface area contributed by atoms with E-state index in [4.69, 9.17) is 4.74 Å². The van der Waals surface area contributed by atoms with Crippen LogP contribution < -0.4 is 10.9 Å².